The Hall–Kier alpha value is -2.39. The van der Waals surface area contributed by atoms with Crippen LogP contribution < -0.4 is 9.47 Å². The van der Waals surface area contributed by atoms with Gasteiger partial charge in [-0.15, -0.1) is 6.42 Å². The van der Waals surface area contributed by atoms with Crippen molar-refractivity contribution in [1.82, 2.24) is 4.90 Å². The molecule has 134 valence electrons. The monoisotopic (exact) mass is 418 g/mol. The summed E-state index contributed by atoms with van der Waals surface area (Å²) in [5.41, 5.74) is 0.292. The Morgan fingerprint density at radius 2 is 2.08 bits per heavy atom. The van der Waals surface area contributed by atoms with Crippen molar-refractivity contribution >= 4 is 21.8 Å². The highest BCUT2D eigenvalue weighted by Gasteiger charge is 2.33. The molecular formula is C16H14BrF3N2O3. The molecule has 0 N–H and O–H groups in total. The van der Waals surface area contributed by atoms with Gasteiger partial charge in [-0.3, -0.25) is 4.79 Å². The topological polar surface area (TPSA) is 62.6 Å². The number of terminal acetylenes is 1. The van der Waals surface area contributed by atoms with Crippen molar-refractivity contribution in [2.75, 3.05) is 26.3 Å². The molecule has 0 bridgehead atoms. The molecule has 0 aromatic heterocycles. The number of rotatable bonds is 7. The van der Waals surface area contributed by atoms with Crippen LogP contribution in [0, 0.1) is 23.7 Å². The molecule has 1 amide bonds. The maximum atomic E-state index is 12.5. The van der Waals surface area contributed by atoms with Crippen LogP contribution in [0.1, 0.15) is 12.5 Å². The predicted molar refractivity (Wildman–Crippen MR) is 87.0 cm³/mol. The number of ether oxygens (including phenoxy) is 2. The van der Waals surface area contributed by atoms with Gasteiger partial charge in [-0.2, -0.15) is 18.4 Å². The van der Waals surface area contributed by atoms with Crippen molar-refractivity contribution in [3.8, 4) is 29.9 Å². The Morgan fingerprint density at radius 1 is 1.40 bits per heavy atom. The average Bonchev–Trinajstić information content (AvgIpc) is 2.52. The van der Waals surface area contributed by atoms with Gasteiger partial charge in [-0.1, -0.05) is 5.92 Å². The lowest BCUT2D eigenvalue weighted by molar-refractivity contribution is -0.161. The molecule has 5 nitrogen and oxygen atoms in total. The summed E-state index contributed by atoms with van der Waals surface area (Å²) in [6.45, 7) is -0.647. The molecule has 0 atom stereocenters. The second kappa shape index (κ2) is 9.19. The fourth-order valence-electron chi connectivity index (χ4n) is 1.82. The van der Waals surface area contributed by atoms with Gasteiger partial charge in [-0.05, 0) is 28.9 Å². The molecule has 0 saturated carbocycles. The van der Waals surface area contributed by atoms with Crippen molar-refractivity contribution in [2.24, 2.45) is 0 Å². The van der Waals surface area contributed by atoms with E-state index in [1.54, 1.807) is 6.92 Å². The summed E-state index contributed by atoms with van der Waals surface area (Å²) in [6.07, 6.45) is 0.431. The molecule has 0 spiro atoms. The van der Waals surface area contributed by atoms with Gasteiger partial charge in [-0.25, -0.2) is 0 Å². The number of benzene rings is 1. The Kier molecular flexibility index (Phi) is 7.59. The van der Waals surface area contributed by atoms with E-state index in [2.05, 4.69) is 15.9 Å². The van der Waals surface area contributed by atoms with E-state index in [1.165, 1.54) is 12.1 Å². The van der Waals surface area contributed by atoms with Crippen molar-refractivity contribution in [3.05, 3.63) is 22.2 Å². The molecule has 1 rings (SSSR count). The van der Waals surface area contributed by atoms with Crippen LogP contribution in [0.4, 0.5) is 13.2 Å². The number of carbonyl (C=O) groups is 1. The van der Waals surface area contributed by atoms with E-state index in [1.807, 2.05) is 12.0 Å². The van der Waals surface area contributed by atoms with Crippen molar-refractivity contribution in [3.63, 3.8) is 0 Å². The lowest BCUT2D eigenvalue weighted by Crippen LogP contribution is -2.41. The van der Waals surface area contributed by atoms with Gasteiger partial charge >= 0.3 is 6.18 Å². The van der Waals surface area contributed by atoms with E-state index in [-0.39, 0.29) is 18.1 Å². The molecule has 0 aliphatic rings. The fourth-order valence-corrected chi connectivity index (χ4v) is 2.38. The van der Waals surface area contributed by atoms with Crippen LogP contribution in [0.5, 0.6) is 11.5 Å². The SMILES string of the molecule is C#CCN(CC(F)(F)F)C(=O)COc1c(Br)cc(C#N)cc1OCC. The third kappa shape index (κ3) is 6.55. The maximum Gasteiger partial charge on any atom is 0.406 e. The van der Waals surface area contributed by atoms with E-state index in [0.717, 1.165) is 0 Å². The normalized spacial score (nSPS) is 10.5. The standard InChI is InChI=1S/C16H14BrF3N2O3/c1-3-5-22(10-16(18,19)20)14(23)9-25-15-12(17)6-11(8-21)7-13(15)24-4-2/h1,6-7H,4-5,9-10H2,2H3. The summed E-state index contributed by atoms with van der Waals surface area (Å²) in [5.74, 6) is 1.39. The summed E-state index contributed by atoms with van der Waals surface area (Å²) < 4.78 is 48.5. The number of amides is 1. The molecule has 9 heteroatoms. The summed E-state index contributed by atoms with van der Waals surface area (Å²) in [6, 6.07) is 4.78. The van der Waals surface area contributed by atoms with E-state index >= 15 is 0 Å². The van der Waals surface area contributed by atoms with Crippen LogP contribution in [0.15, 0.2) is 16.6 Å². The number of nitrogens with zero attached hydrogens (tertiary/aromatic N) is 2. The molecule has 0 aliphatic carbocycles. The van der Waals surface area contributed by atoms with Gasteiger partial charge < -0.3 is 14.4 Å². The third-order valence-electron chi connectivity index (χ3n) is 2.78. The fraction of sp³-hybridized carbons (Fsp3) is 0.375. The summed E-state index contributed by atoms with van der Waals surface area (Å²) in [4.78, 5) is 12.5. The first kappa shape index (κ1) is 20.7. The van der Waals surface area contributed by atoms with Crippen molar-refractivity contribution in [2.45, 2.75) is 13.1 Å². The summed E-state index contributed by atoms with van der Waals surface area (Å²) in [5, 5.41) is 8.95. The van der Waals surface area contributed by atoms with Crippen LogP contribution in [0.3, 0.4) is 0 Å². The molecular weight excluding hydrogens is 405 g/mol. The van der Waals surface area contributed by atoms with Crippen molar-refractivity contribution in [1.29, 1.82) is 5.26 Å². The zero-order valence-corrected chi connectivity index (χ0v) is 14.8. The smallest absolute Gasteiger partial charge is 0.406 e. The van der Waals surface area contributed by atoms with Crippen molar-refractivity contribution < 1.29 is 27.4 Å². The number of alkyl halides is 3. The van der Waals surface area contributed by atoms with Crippen LogP contribution in [-0.4, -0.2) is 43.3 Å². The Labute approximate surface area is 151 Å². The minimum absolute atomic E-state index is 0.113. The highest BCUT2D eigenvalue weighted by Crippen LogP contribution is 2.36. The lowest BCUT2D eigenvalue weighted by Gasteiger charge is -2.22. The number of hydrogen-bond acceptors (Lipinski definition) is 4. The molecule has 0 aliphatic heterocycles. The van der Waals surface area contributed by atoms with Crippen LogP contribution >= 0.6 is 15.9 Å². The second-order valence-electron chi connectivity index (χ2n) is 4.69. The molecule has 0 radical (unpaired) electrons. The van der Waals surface area contributed by atoms with Crippen LogP contribution in [0.25, 0.3) is 0 Å². The highest BCUT2D eigenvalue weighted by atomic mass is 79.9. The largest absolute Gasteiger partial charge is 0.490 e. The highest BCUT2D eigenvalue weighted by molar-refractivity contribution is 9.10. The van der Waals surface area contributed by atoms with E-state index in [0.29, 0.717) is 14.9 Å². The van der Waals surface area contributed by atoms with Gasteiger partial charge in [0.1, 0.15) is 6.54 Å². The quantitative estimate of drug-likeness (QED) is 0.638. The summed E-state index contributed by atoms with van der Waals surface area (Å²) >= 11 is 3.18. The molecule has 0 unspecified atom stereocenters. The predicted octanol–water partition coefficient (Wildman–Crippen LogP) is 3.12. The van der Waals surface area contributed by atoms with Gasteiger partial charge in [0.15, 0.2) is 18.1 Å². The Balaban J connectivity index is 2.94. The molecule has 1 aromatic rings. The van der Waals surface area contributed by atoms with E-state index < -0.39 is 31.8 Å². The third-order valence-corrected chi connectivity index (χ3v) is 3.37. The molecule has 1 aromatic carbocycles. The van der Waals surface area contributed by atoms with E-state index in [4.69, 9.17) is 21.2 Å². The number of halogens is 4. The zero-order chi connectivity index (χ0) is 19.0. The minimum atomic E-state index is -4.57. The van der Waals surface area contributed by atoms with Crippen LogP contribution in [-0.2, 0) is 4.79 Å². The first-order valence-electron chi connectivity index (χ1n) is 6.99. The van der Waals surface area contributed by atoms with Gasteiger partial charge in [0.05, 0.1) is 29.3 Å². The Morgan fingerprint density at radius 3 is 2.60 bits per heavy atom. The second-order valence-corrected chi connectivity index (χ2v) is 5.54. The summed E-state index contributed by atoms with van der Waals surface area (Å²) in [7, 11) is 0. The zero-order valence-electron chi connectivity index (χ0n) is 13.2. The average molecular weight is 419 g/mol. The molecule has 0 fully saturated rings. The van der Waals surface area contributed by atoms with Gasteiger partial charge in [0.25, 0.3) is 5.91 Å². The van der Waals surface area contributed by atoms with Gasteiger partial charge in [0.2, 0.25) is 0 Å². The van der Waals surface area contributed by atoms with Gasteiger partial charge in [0, 0.05) is 6.07 Å². The minimum Gasteiger partial charge on any atom is -0.490 e. The first-order chi connectivity index (χ1) is 11.7. The number of nitriles is 1. The number of carbonyl (C=O) groups excluding carboxylic acids is 1. The molecule has 0 saturated heterocycles. The van der Waals surface area contributed by atoms with Crippen LogP contribution in [0.2, 0.25) is 0 Å². The van der Waals surface area contributed by atoms with E-state index in [9.17, 15) is 18.0 Å². The Bertz CT molecular complexity index is 708. The molecule has 0 heterocycles. The number of hydrogen-bond donors (Lipinski definition) is 0. The maximum absolute atomic E-state index is 12.5. The molecule has 25 heavy (non-hydrogen) atoms. The lowest BCUT2D eigenvalue weighted by atomic mass is 10.2. The first-order valence-corrected chi connectivity index (χ1v) is 7.78.